The number of likely N-dealkylation sites (tertiary alicyclic amines) is 2. The Hall–Kier alpha value is -5.66. The third-order valence-corrected chi connectivity index (χ3v) is 11.6. The van der Waals surface area contributed by atoms with Crippen molar-refractivity contribution in [3.8, 4) is 33.6 Å². The minimum Gasteiger partial charge on any atom is -0.453 e. The lowest BCUT2D eigenvalue weighted by Crippen LogP contribution is -2.54. The van der Waals surface area contributed by atoms with Crippen LogP contribution in [-0.2, 0) is 19.1 Å². The van der Waals surface area contributed by atoms with Gasteiger partial charge in [0.2, 0.25) is 11.8 Å². The van der Waals surface area contributed by atoms with E-state index in [1.807, 2.05) is 55.8 Å². The van der Waals surface area contributed by atoms with Gasteiger partial charge in [-0.2, -0.15) is 0 Å². The summed E-state index contributed by atoms with van der Waals surface area (Å²) < 4.78 is 9.58. The molecular formula is C42H52N8O6. The van der Waals surface area contributed by atoms with Crippen LogP contribution >= 0.6 is 0 Å². The molecule has 6 atom stereocenters. The minimum atomic E-state index is -0.692. The number of nitrogens with zero attached hydrogens (tertiary/aromatic N) is 4. The highest BCUT2D eigenvalue weighted by molar-refractivity contribution is 5.87. The zero-order valence-electron chi connectivity index (χ0n) is 32.9. The van der Waals surface area contributed by atoms with E-state index in [1.54, 1.807) is 6.20 Å². The Kier molecular flexibility index (Phi) is 11.2. The van der Waals surface area contributed by atoms with E-state index in [9.17, 15) is 19.2 Å². The molecule has 4 aromatic rings. The van der Waals surface area contributed by atoms with Gasteiger partial charge >= 0.3 is 12.2 Å². The van der Waals surface area contributed by atoms with Crippen molar-refractivity contribution in [2.45, 2.75) is 90.0 Å². The maximum Gasteiger partial charge on any atom is 0.407 e. The van der Waals surface area contributed by atoms with Gasteiger partial charge in [-0.3, -0.25) is 9.59 Å². The number of piperidine rings is 1. The number of aromatic nitrogens is 4. The van der Waals surface area contributed by atoms with Gasteiger partial charge in [0.05, 0.1) is 50.1 Å². The van der Waals surface area contributed by atoms with Gasteiger partial charge < -0.3 is 39.9 Å². The molecular weight excluding hydrogens is 713 g/mol. The zero-order chi connectivity index (χ0) is 39.7. The topological polar surface area (TPSA) is 175 Å². The first-order chi connectivity index (χ1) is 27.0. The first-order valence-corrected chi connectivity index (χ1v) is 19.6. The number of alkyl carbamates (subject to hydrolysis) is 2. The van der Waals surface area contributed by atoms with Crippen molar-refractivity contribution in [1.82, 2.24) is 40.4 Å². The molecule has 2 aromatic carbocycles. The molecule has 1 saturated carbocycles. The van der Waals surface area contributed by atoms with Crippen LogP contribution in [0.25, 0.3) is 33.6 Å². The molecule has 2 aliphatic heterocycles. The fourth-order valence-corrected chi connectivity index (χ4v) is 8.71. The number of benzene rings is 2. The molecule has 14 heteroatoms. The van der Waals surface area contributed by atoms with Crippen molar-refractivity contribution < 1.29 is 28.7 Å². The van der Waals surface area contributed by atoms with Crippen molar-refractivity contribution in [3.05, 3.63) is 72.6 Å². The van der Waals surface area contributed by atoms with Gasteiger partial charge in [-0.1, -0.05) is 70.2 Å². The molecule has 4 N–H and O–H groups in total. The maximum absolute atomic E-state index is 14.0. The molecule has 0 spiro atoms. The van der Waals surface area contributed by atoms with Gasteiger partial charge in [0, 0.05) is 18.2 Å². The Balaban J connectivity index is 1.05. The van der Waals surface area contributed by atoms with Gasteiger partial charge in [-0.05, 0) is 72.6 Å². The number of methoxy groups -OCH3 is 2. The second kappa shape index (κ2) is 16.2. The number of rotatable bonds is 11. The SMILES string of the molecule is COC(=O)N[C@H](C(=O)N1C2CCC(C2)C1c1ncc(-c2cccc(-c3ccc(-c4cnc([C@@H]5CCCN5C(=O)[C@@H](NC(=O)OC)C(C)C)[nH]4)cc3)c2)[nH]1)C(C)C. The summed E-state index contributed by atoms with van der Waals surface area (Å²) in [6, 6.07) is 14.9. The van der Waals surface area contributed by atoms with Crippen LogP contribution in [0.1, 0.15) is 83.5 Å². The van der Waals surface area contributed by atoms with E-state index in [-0.39, 0.29) is 41.8 Å². The number of amides is 4. The van der Waals surface area contributed by atoms with E-state index < -0.39 is 24.3 Å². The molecule has 3 aliphatic rings. The molecule has 4 heterocycles. The van der Waals surface area contributed by atoms with Crippen LogP contribution in [0.4, 0.5) is 9.59 Å². The number of aromatic amines is 2. The van der Waals surface area contributed by atoms with Gasteiger partial charge in [-0.25, -0.2) is 19.6 Å². The molecule has 3 unspecified atom stereocenters. The number of carbonyl (C=O) groups excluding carboxylic acids is 4. The fraction of sp³-hybridized carbons (Fsp3) is 0.476. The number of H-pyrrole nitrogens is 2. The summed E-state index contributed by atoms with van der Waals surface area (Å²) in [4.78, 5) is 71.9. The van der Waals surface area contributed by atoms with Crippen LogP contribution in [0.15, 0.2) is 60.9 Å². The lowest BCUT2D eigenvalue weighted by molar-refractivity contribution is -0.139. The monoisotopic (exact) mass is 764 g/mol. The second-order valence-electron chi connectivity index (χ2n) is 15.8. The van der Waals surface area contributed by atoms with Crippen molar-refractivity contribution in [2.75, 3.05) is 20.8 Å². The van der Waals surface area contributed by atoms with Gasteiger partial charge in [0.15, 0.2) is 0 Å². The molecule has 14 nitrogen and oxygen atoms in total. The first-order valence-electron chi connectivity index (χ1n) is 19.6. The summed E-state index contributed by atoms with van der Waals surface area (Å²) >= 11 is 0. The van der Waals surface area contributed by atoms with Crippen LogP contribution < -0.4 is 10.6 Å². The highest BCUT2D eigenvalue weighted by Crippen LogP contribution is 2.50. The van der Waals surface area contributed by atoms with E-state index >= 15 is 0 Å². The minimum absolute atomic E-state index is 0.0993. The summed E-state index contributed by atoms with van der Waals surface area (Å²) in [7, 11) is 2.59. The summed E-state index contributed by atoms with van der Waals surface area (Å²) in [5, 5.41) is 5.45. The number of fused-ring (bicyclic) bond motifs is 2. The average molecular weight is 765 g/mol. The number of hydrogen-bond acceptors (Lipinski definition) is 8. The molecule has 4 amide bonds. The lowest BCUT2D eigenvalue weighted by Gasteiger charge is -2.37. The predicted molar refractivity (Wildman–Crippen MR) is 210 cm³/mol. The second-order valence-corrected chi connectivity index (χ2v) is 15.8. The third-order valence-electron chi connectivity index (χ3n) is 11.6. The lowest BCUT2D eigenvalue weighted by atomic mass is 9.95. The number of carbonyl (C=O) groups is 4. The normalized spacial score (nSPS) is 21.4. The number of ether oxygens (including phenoxy) is 2. The molecule has 2 saturated heterocycles. The van der Waals surface area contributed by atoms with Crippen LogP contribution in [0.5, 0.6) is 0 Å². The largest absolute Gasteiger partial charge is 0.453 e. The number of hydrogen-bond donors (Lipinski definition) is 4. The van der Waals surface area contributed by atoms with E-state index in [0.717, 1.165) is 77.4 Å². The van der Waals surface area contributed by atoms with E-state index in [0.29, 0.717) is 12.5 Å². The van der Waals surface area contributed by atoms with Crippen molar-refractivity contribution in [3.63, 3.8) is 0 Å². The molecule has 296 valence electrons. The molecule has 2 aromatic heterocycles. The summed E-state index contributed by atoms with van der Waals surface area (Å²) in [5.41, 5.74) is 5.76. The predicted octanol–water partition coefficient (Wildman–Crippen LogP) is 6.61. The van der Waals surface area contributed by atoms with Crippen LogP contribution in [0, 0.1) is 17.8 Å². The summed E-state index contributed by atoms with van der Waals surface area (Å²) in [5.74, 6) is 1.33. The van der Waals surface area contributed by atoms with Crippen LogP contribution in [0.2, 0.25) is 0 Å². The van der Waals surface area contributed by atoms with E-state index in [4.69, 9.17) is 14.5 Å². The highest BCUT2D eigenvalue weighted by atomic mass is 16.5. The Labute approximate surface area is 327 Å². The average Bonchev–Trinajstić information content (AvgIpc) is 4.06. The Morgan fingerprint density at radius 2 is 1.32 bits per heavy atom. The number of imidazole rings is 2. The molecule has 56 heavy (non-hydrogen) atoms. The van der Waals surface area contributed by atoms with Gasteiger partial charge in [0.1, 0.15) is 23.7 Å². The van der Waals surface area contributed by atoms with Crippen LogP contribution in [-0.4, -0.2) is 92.6 Å². The maximum atomic E-state index is 14.0. The quantitative estimate of drug-likeness (QED) is 0.132. The number of nitrogens with one attached hydrogen (secondary N) is 4. The van der Waals surface area contributed by atoms with Crippen molar-refractivity contribution in [2.24, 2.45) is 17.8 Å². The Morgan fingerprint density at radius 1 is 0.732 bits per heavy atom. The molecule has 7 rings (SSSR count). The summed E-state index contributed by atoms with van der Waals surface area (Å²) in [6.07, 6.45) is 6.93. The first kappa shape index (κ1) is 38.6. The van der Waals surface area contributed by atoms with E-state index in [2.05, 4.69) is 62.0 Å². The van der Waals surface area contributed by atoms with E-state index in [1.165, 1.54) is 14.2 Å². The zero-order valence-corrected chi connectivity index (χ0v) is 32.9. The molecule has 3 fully saturated rings. The Bertz CT molecular complexity index is 2060. The fourth-order valence-electron chi connectivity index (χ4n) is 8.71. The van der Waals surface area contributed by atoms with Crippen molar-refractivity contribution >= 4 is 24.0 Å². The van der Waals surface area contributed by atoms with Crippen molar-refractivity contribution in [1.29, 1.82) is 0 Å². The van der Waals surface area contributed by atoms with Gasteiger partial charge in [0.25, 0.3) is 0 Å². The summed E-state index contributed by atoms with van der Waals surface area (Å²) in [6.45, 7) is 8.24. The third kappa shape index (κ3) is 7.61. The Morgan fingerprint density at radius 3 is 1.98 bits per heavy atom. The highest BCUT2D eigenvalue weighted by Gasteiger charge is 2.51. The van der Waals surface area contributed by atoms with Crippen LogP contribution in [0.3, 0.4) is 0 Å². The molecule has 2 bridgehead atoms. The van der Waals surface area contributed by atoms with Gasteiger partial charge in [-0.15, -0.1) is 0 Å². The standard InChI is InChI=1S/C42H52N8O6/c1-23(2)34(47-41(53)55-5)39(51)49-18-8-11-33(49)37-43-21-31(45-37)26-14-12-25(13-15-26)27-9-7-10-28(19-27)32-22-44-38(46-32)36-29-16-17-30(20-29)50(36)40(52)35(24(3)4)48-42(54)56-6/h7,9-10,12-15,19,21-24,29-30,33-36H,8,11,16-18,20H2,1-6H3,(H,43,45)(H,44,46)(H,47,53)(H,48,54)/t29?,30?,33-,34-,35-,36?/m0/s1. The molecule has 1 aliphatic carbocycles. The molecule has 0 radical (unpaired) electrons. The smallest absolute Gasteiger partial charge is 0.407 e.